The lowest BCUT2D eigenvalue weighted by atomic mass is 9.95. The molecule has 0 aromatic carbocycles. The van der Waals surface area contributed by atoms with Gasteiger partial charge in [0.1, 0.15) is 0 Å². The molecule has 1 saturated carbocycles. The van der Waals surface area contributed by atoms with Crippen molar-refractivity contribution in [3.63, 3.8) is 0 Å². The van der Waals surface area contributed by atoms with Gasteiger partial charge in [0.15, 0.2) is 0 Å². The third-order valence-corrected chi connectivity index (χ3v) is 4.45. The largest absolute Gasteiger partial charge is 0.356 e. The SMILES string of the molecule is CCCCCNC(=O)C1CCN(C(=O)C2(N)CC2)CC1. The number of rotatable bonds is 6. The van der Waals surface area contributed by atoms with Crippen molar-refractivity contribution in [2.75, 3.05) is 19.6 Å². The second kappa shape index (κ2) is 6.57. The maximum Gasteiger partial charge on any atom is 0.242 e. The maximum absolute atomic E-state index is 12.1. The summed E-state index contributed by atoms with van der Waals surface area (Å²) in [5.41, 5.74) is 5.36. The van der Waals surface area contributed by atoms with Crippen LogP contribution in [-0.2, 0) is 9.59 Å². The van der Waals surface area contributed by atoms with E-state index in [0.29, 0.717) is 13.1 Å². The van der Waals surface area contributed by atoms with Crippen molar-refractivity contribution in [1.82, 2.24) is 10.2 Å². The molecule has 0 atom stereocenters. The molecule has 0 unspecified atom stereocenters. The zero-order valence-corrected chi connectivity index (χ0v) is 12.5. The molecule has 0 bridgehead atoms. The van der Waals surface area contributed by atoms with E-state index in [1.54, 1.807) is 0 Å². The Kier molecular flexibility index (Phi) is 5.02. The molecular formula is C15H27N3O2. The summed E-state index contributed by atoms with van der Waals surface area (Å²) in [5, 5.41) is 3.01. The van der Waals surface area contributed by atoms with E-state index in [1.807, 2.05) is 4.90 Å². The second-order valence-electron chi connectivity index (χ2n) is 6.22. The number of carbonyl (C=O) groups excluding carboxylic acids is 2. The predicted octanol–water partition coefficient (Wildman–Crippen LogP) is 1.02. The maximum atomic E-state index is 12.1. The quantitative estimate of drug-likeness (QED) is 0.714. The third-order valence-electron chi connectivity index (χ3n) is 4.45. The molecule has 2 fully saturated rings. The van der Waals surface area contributed by atoms with E-state index in [-0.39, 0.29) is 17.7 Å². The minimum Gasteiger partial charge on any atom is -0.356 e. The lowest BCUT2D eigenvalue weighted by Crippen LogP contribution is -2.50. The van der Waals surface area contributed by atoms with Crippen LogP contribution in [0.5, 0.6) is 0 Å². The number of piperidine rings is 1. The number of unbranched alkanes of at least 4 members (excludes halogenated alkanes) is 2. The highest BCUT2D eigenvalue weighted by Gasteiger charge is 2.48. The van der Waals surface area contributed by atoms with Crippen LogP contribution in [0.25, 0.3) is 0 Å². The van der Waals surface area contributed by atoms with Crippen molar-refractivity contribution >= 4 is 11.8 Å². The Hall–Kier alpha value is -1.10. The van der Waals surface area contributed by atoms with E-state index in [2.05, 4.69) is 12.2 Å². The third kappa shape index (κ3) is 3.72. The van der Waals surface area contributed by atoms with Gasteiger partial charge in [-0.2, -0.15) is 0 Å². The Morgan fingerprint density at radius 2 is 1.90 bits per heavy atom. The Balaban J connectivity index is 1.68. The van der Waals surface area contributed by atoms with Gasteiger partial charge in [-0.05, 0) is 32.1 Å². The van der Waals surface area contributed by atoms with E-state index in [0.717, 1.165) is 51.5 Å². The van der Waals surface area contributed by atoms with Gasteiger partial charge in [0.2, 0.25) is 11.8 Å². The van der Waals surface area contributed by atoms with E-state index in [1.165, 1.54) is 0 Å². The summed E-state index contributed by atoms with van der Waals surface area (Å²) >= 11 is 0. The zero-order valence-electron chi connectivity index (χ0n) is 12.5. The highest BCUT2D eigenvalue weighted by atomic mass is 16.2. The first-order chi connectivity index (χ1) is 9.57. The molecule has 2 rings (SSSR count). The number of hydrogen-bond acceptors (Lipinski definition) is 3. The van der Waals surface area contributed by atoms with Crippen molar-refractivity contribution in [3.05, 3.63) is 0 Å². The van der Waals surface area contributed by atoms with Gasteiger partial charge in [0.05, 0.1) is 5.54 Å². The van der Waals surface area contributed by atoms with Crippen molar-refractivity contribution in [3.8, 4) is 0 Å². The molecular weight excluding hydrogens is 254 g/mol. The summed E-state index contributed by atoms with van der Waals surface area (Å²) in [6.45, 7) is 4.27. The van der Waals surface area contributed by atoms with Crippen LogP contribution in [0, 0.1) is 5.92 Å². The van der Waals surface area contributed by atoms with Crippen LogP contribution >= 0.6 is 0 Å². The lowest BCUT2D eigenvalue weighted by molar-refractivity contribution is -0.137. The molecule has 1 aliphatic heterocycles. The van der Waals surface area contributed by atoms with Gasteiger partial charge in [0, 0.05) is 25.6 Å². The lowest BCUT2D eigenvalue weighted by Gasteiger charge is -2.33. The number of carbonyl (C=O) groups is 2. The molecule has 1 saturated heterocycles. The van der Waals surface area contributed by atoms with E-state index >= 15 is 0 Å². The highest BCUT2D eigenvalue weighted by molar-refractivity contribution is 5.89. The Bertz CT molecular complexity index is 358. The molecule has 2 amide bonds. The van der Waals surface area contributed by atoms with Gasteiger partial charge in [-0.15, -0.1) is 0 Å². The van der Waals surface area contributed by atoms with Crippen LogP contribution in [0.15, 0.2) is 0 Å². The first-order valence-corrected chi connectivity index (χ1v) is 7.93. The number of nitrogens with two attached hydrogens (primary N) is 1. The van der Waals surface area contributed by atoms with Crippen LogP contribution in [0.3, 0.4) is 0 Å². The summed E-state index contributed by atoms with van der Waals surface area (Å²) in [7, 11) is 0. The molecule has 20 heavy (non-hydrogen) atoms. The van der Waals surface area contributed by atoms with Crippen LogP contribution < -0.4 is 11.1 Å². The normalized spacial score (nSPS) is 21.6. The van der Waals surface area contributed by atoms with Crippen molar-refractivity contribution in [2.45, 2.75) is 57.4 Å². The molecule has 1 aliphatic carbocycles. The van der Waals surface area contributed by atoms with Gasteiger partial charge in [-0.25, -0.2) is 0 Å². The molecule has 5 heteroatoms. The van der Waals surface area contributed by atoms with Crippen LogP contribution in [0.2, 0.25) is 0 Å². The Labute approximate surface area is 121 Å². The number of nitrogens with one attached hydrogen (secondary N) is 1. The fourth-order valence-electron chi connectivity index (χ4n) is 2.74. The standard InChI is InChI=1S/C15H27N3O2/c1-2-3-4-9-17-13(19)12-5-10-18(11-6-12)14(20)15(16)7-8-15/h12H,2-11,16H2,1H3,(H,17,19). The first-order valence-electron chi connectivity index (χ1n) is 7.93. The molecule has 0 spiro atoms. The molecule has 2 aliphatic rings. The second-order valence-corrected chi connectivity index (χ2v) is 6.22. The molecule has 1 heterocycles. The molecule has 0 radical (unpaired) electrons. The molecule has 0 aromatic rings. The number of nitrogens with zero attached hydrogens (tertiary/aromatic N) is 1. The van der Waals surface area contributed by atoms with Gasteiger partial charge in [0.25, 0.3) is 0 Å². The Morgan fingerprint density at radius 3 is 2.45 bits per heavy atom. The van der Waals surface area contributed by atoms with Crippen molar-refractivity contribution in [1.29, 1.82) is 0 Å². The highest BCUT2D eigenvalue weighted by Crippen LogP contribution is 2.35. The fourth-order valence-corrected chi connectivity index (χ4v) is 2.74. The smallest absolute Gasteiger partial charge is 0.242 e. The monoisotopic (exact) mass is 281 g/mol. The zero-order chi connectivity index (χ0) is 14.6. The van der Waals surface area contributed by atoms with E-state index in [4.69, 9.17) is 5.73 Å². The summed E-state index contributed by atoms with van der Waals surface area (Å²) < 4.78 is 0. The summed E-state index contributed by atoms with van der Waals surface area (Å²) in [6, 6.07) is 0. The predicted molar refractivity (Wildman–Crippen MR) is 78.0 cm³/mol. The number of amides is 2. The molecule has 3 N–H and O–H groups in total. The summed E-state index contributed by atoms with van der Waals surface area (Å²) in [6.07, 6.45) is 6.52. The topological polar surface area (TPSA) is 75.4 Å². The van der Waals surface area contributed by atoms with Crippen molar-refractivity contribution in [2.24, 2.45) is 11.7 Å². The minimum atomic E-state index is -0.574. The average Bonchev–Trinajstić information content (AvgIpc) is 3.22. The van der Waals surface area contributed by atoms with Crippen LogP contribution in [0.1, 0.15) is 51.9 Å². The van der Waals surface area contributed by atoms with Gasteiger partial charge in [-0.3, -0.25) is 9.59 Å². The first kappa shape index (κ1) is 15.3. The average molecular weight is 281 g/mol. The fraction of sp³-hybridized carbons (Fsp3) is 0.867. The summed E-state index contributed by atoms with van der Waals surface area (Å²) in [4.78, 5) is 26.0. The molecule has 114 valence electrons. The number of hydrogen-bond donors (Lipinski definition) is 2. The van der Waals surface area contributed by atoms with Gasteiger partial charge >= 0.3 is 0 Å². The minimum absolute atomic E-state index is 0.0635. The van der Waals surface area contributed by atoms with E-state index < -0.39 is 5.54 Å². The molecule has 5 nitrogen and oxygen atoms in total. The van der Waals surface area contributed by atoms with Gasteiger partial charge in [-0.1, -0.05) is 19.8 Å². The van der Waals surface area contributed by atoms with Gasteiger partial charge < -0.3 is 16.0 Å². The van der Waals surface area contributed by atoms with Crippen LogP contribution in [-0.4, -0.2) is 41.9 Å². The molecule has 0 aromatic heterocycles. The Morgan fingerprint density at radius 1 is 1.25 bits per heavy atom. The van der Waals surface area contributed by atoms with E-state index in [9.17, 15) is 9.59 Å². The number of likely N-dealkylation sites (tertiary alicyclic amines) is 1. The van der Waals surface area contributed by atoms with Crippen molar-refractivity contribution < 1.29 is 9.59 Å². The van der Waals surface area contributed by atoms with Crippen LogP contribution in [0.4, 0.5) is 0 Å². The summed E-state index contributed by atoms with van der Waals surface area (Å²) in [5.74, 6) is 0.301.